The summed E-state index contributed by atoms with van der Waals surface area (Å²) in [4.78, 5) is 0. The zero-order valence-corrected chi connectivity index (χ0v) is 7.97. The molecule has 0 amide bonds. The largest absolute Gasteiger partial charge is 0.465 e. The molecule has 0 saturated carbocycles. The quantitative estimate of drug-likeness (QED) is 0.813. The molecule has 0 atom stereocenters. The van der Waals surface area contributed by atoms with Crippen molar-refractivity contribution >= 4 is 6.08 Å². The van der Waals surface area contributed by atoms with Crippen molar-refractivity contribution in [2.45, 2.75) is 19.3 Å². The topological polar surface area (TPSA) is 39.2 Å². The molecule has 0 aliphatic rings. The fourth-order valence-electron chi connectivity index (χ4n) is 1.15. The van der Waals surface area contributed by atoms with Crippen LogP contribution in [-0.4, -0.2) is 12.5 Å². The van der Waals surface area contributed by atoms with Crippen LogP contribution < -0.4 is 5.73 Å². The third-order valence-electron chi connectivity index (χ3n) is 1.77. The second-order valence-electron chi connectivity index (χ2n) is 3.24. The molecule has 78 valence electrons. The van der Waals surface area contributed by atoms with Gasteiger partial charge < -0.3 is 10.2 Å². The Morgan fingerprint density at radius 2 is 2.36 bits per heavy atom. The SMILES string of the molecule is C/C(=C\c1ccco1)CC(F)(F)CN. The molecule has 0 spiro atoms. The lowest BCUT2D eigenvalue weighted by Crippen LogP contribution is -2.27. The average molecular weight is 201 g/mol. The molecule has 2 N–H and O–H groups in total. The second-order valence-corrected chi connectivity index (χ2v) is 3.24. The van der Waals surface area contributed by atoms with Crippen molar-refractivity contribution in [3.05, 3.63) is 29.7 Å². The Balaban J connectivity index is 2.62. The van der Waals surface area contributed by atoms with E-state index < -0.39 is 12.5 Å². The number of allylic oxidation sites excluding steroid dienone is 1. The molecule has 0 bridgehead atoms. The van der Waals surface area contributed by atoms with E-state index in [1.807, 2.05) is 0 Å². The minimum atomic E-state index is -2.83. The van der Waals surface area contributed by atoms with Gasteiger partial charge in [0, 0.05) is 6.42 Å². The molecule has 1 aromatic rings. The van der Waals surface area contributed by atoms with E-state index in [1.54, 1.807) is 25.1 Å². The Labute approximate surface area is 81.4 Å². The van der Waals surface area contributed by atoms with Gasteiger partial charge in [0.15, 0.2) is 0 Å². The maximum atomic E-state index is 12.8. The fourth-order valence-corrected chi connectivity index (χ4v) is 1.15. The zero-order valence-electron chi connectivity index (χ0n) is 7.97. The van der Waals surface area contributed by atoms with Crippen molar-refractivity contribution in [1.82, 2.24) is 0 Å². The third kappa shape index (κ3) is 3.30. The van der Waals surface area contributed by atoms with Crippen molar-refractivity contribution in [2.24, 2.45) is 5.73 Å². The van der Waals surface area contributed by atoms with Crippen LogP contribution in [0.15, 0.2) is 28.4 Å². The van der Waals surface area contributed by atoms with Crippen LogP contribution in [0.4, 0.5) is 8.78 Å². The summed E-state index contributed by atoms with van der Waals surface area (Å²) in [5, 5.41) is 0. The van der Waals surface area contributed by atoms with E-state index in [0.717, 1.165) is 0 Å². The summed E-state index contributed by atoms with van der Waals surface area (Å²) in [6, 6.07) is 3.42. The first-order valence-electron chi connectivity index (χ1n) is 4.32. The molecule has 2 nitrogen and oxygen atoms in total. The third-order valence-corrected chi connectivity index (χ3v) is 1.77. The molecule has 0 saturated heterocycles. The monoisotopic (exact) mass is 201 g/mol. The van der Waals surface area contributed by atoms with Gasteiger partial charge in [-0.1, -0.05) is 5.57 Å². The molecular weight excluding hydrogens is 188 g/mol. The van der Waals surface area contributed by atoms with E-state index >= 15 is 0 Å². The molecule has 0 radical (unpaired) electrons. The van der Waals surface area contributed by atoms with Crippen LogP contribution in [0.3, 0.4) is 0 Å². The molecular formula is C10H13F2NO. The van der Waals surface area contributed by atoms with Gasteiger partial charge in [-0.05, 0) is 25.1 Å². The first kappa shape index (κ1) is 10.9. The van der Waals surface area contributed by atoms with E-state index in [-0.39, 0.29) is 6.42 Å². The van der Waals surface area contributed by atoms with Crippen LogP contribution in [-0.2, 0) is 0 Å². The van der Waals surface area contributed by atoms with Crippen LogP contribution in [0.1, 0.15) is 19.1 Å². The highest BCUT2D eigenvalue weighted by atomic mass is 19.3. The smallest absolute Gasteiger partial charge is 0.263 e. The number of nitrogens with two attached hydrogens (primary N) is 1. The maximum Gasteiger partial charge on any atom is 0.263 e. The number of hydrogen-bond acceptors (Lipinski definition) is 2. The first-order chi connectivity index (χ1) is 6.53. The molecule has 0 aliphatic heterocycles. The Hall–Kier alpha value is -1.16. The molecule has 4 heteroatoms. The van der Waals surface area contributed by atoms with Crippen LogP contribution >= 0.6 is 0 Å². The van der Waals surface area contributed by atoms with Gasteiger partial charge in [-0.25, -0.2) is 8.78 Å². The summed E-state index contributed by atoms with van der Waals surface area (Å²) in [6.07, 6.45) is 2.76. The van der Waals surface area contributed by atoms with Gasteiger partial charge in [0.2, 0.25) is 0 Å². The highest BCUT2D eigenvalue weighted by Crippen LogP contribution is 2.23. The summed E-state index contributed by atoms with van der Waals surface area (Å²) in [7, 11) is 0. The number of halogens is 2. The number of furan rings is 1. The van der Waals surface area contributed by atoms with Crippen molar-refractivity contribution in [3.63, 3.8) is 0 Å². The molecule has 14 heavy (non-hydrogen) atoms. The molecule has 1 heterocycles. The van der Waals surface area contributed by atoms with Gasteiger partial charge >= 0.3 is 0 Å². The van der Waals surface area contributed by atoms with E-state index in [0.29, 0.717) is 11.3 Å². The molecule has 0 fully saturated rings. The Morgan fingerprint density at radius 1 is 1.64 bits per heavy atom. The van der Waals surface area contributed by atoms with Crippen LogP contribution in [0.2, 0.25) is 0 Å². The summed E-state index contributed by atoms with van der Waals surface area (Å²) < 4.78 is 30.7. The lowest BCUT2D eigenvalue weighted by molar-refractivity contribution is 0.0118. The Morgan fingerprint density at radius 3 is 2.86 bits per heavy atom. The summed E-state index contributed by atoms with van der Waals surface area (Å²) in [5.41, 5.74) is 5.48. The maximum absolute atomic E-state index is 12.8. The zero-order chi connectivity index (χ0) is 10.6. The van der Waals surface area contributed by atoms with Crippen molar-refractivity contribution < 1.29 is 13.2 Å². The highest BCUT2D eigenvalue weighted by Gasteiger charge is 2.26. The molecule has 0 unspecified atom stereocenters. The van der Waals surface area contributed by atoms with E-state index in [9.17, 15) is 8.78 Å². The van der Waals surface area contributed by atoms with Gasteiger partial charge in [-0.3, -0.25) is 0 Å². The lowest BCUT2D eigenvalue weighted by atomic mass is 10.1. The summed E-state index contributed by atoms with van der Waals surface area (Å²) in [6.45, 7) is 1.00. The van der Waals surface area contributed by atoms with Gasteiger partial charge in [-0.15, -0.1) is 0 Å². The van der Waals surface area contributed by atoms with E-state index in [4.69, 9.17) is 10.2 Å². The first-order valence-corrected chi connectivity index (χ1v) is 4.32. The fraction of sp³-hybridized carbons (Fsp3) is 0.400. The van der Waals surface area contributed by atoms with Crippen molar-refractivity contribution in [2.75, 3.05) is 6.54 Å². The Bertz CT molecular complexity index is 304. The highest BCUT2D eigenvalue weighted by molar-refractivity contribution is 5.46. The van der Waals surface area contributed by atoms with Gasteiger partial charge in [0.25, 0.3) is 5.92 Å². The van der Waals surface area contributed by atoms with Gasteiger partial charge in [-0.2, -0.15) is 0 Å². The van der Waals surface area contributed by atoms with Crippen LogP contribution in [0.5, 0.6) is 0 Å². The second kappa shape index (κ2) is 4.37. The number of hydrogen-bond donors (Lipinski definition) is 1. The van der Waals surface area contributed by atoms with Gasteiger partial charge in [0.1, 0.15) is 5.76 Å². The Kier molecular flexibility index (Phi) is 3.41. The van der Waals surface area contributed by atoms with E-state index in [1.165, 1.54) is 6.26 Å². The standard InChI is InChI=1S/C10H13F2NO/c1-8(6-10(11,12)7-13)5-9-3-2-4-14-9/h2-5H,6-7,13H2,1H3/b8-5+. The summed E-state index contributed by atoms with van der Waals surface area (Å²) >= 11 is 0. The van der Waals surface area contributed by atoms with Gasteiger partial charge in [0.05, 0.1) is 12.8 Å². The molecule has 1 rings (SSSR count). The molecule has 0 aliphatic carbocycles. The molecule has 1 aromatic heterocycles. The normalized spacial score (nSPS) is 13.3. The van der Waals surface area contributed by atoms with Crippen molar-refractivity contribution in [1.29, 1.82) is 0 Å². The number of alkyl halides is 2. The van der Waals surface area contributed by atoms with E-state index in [2.05, 4.69) is 0 Å². The summed E-state index contributed by atoms with van der Waals surface area (Å²) in [5.74, 6) is -2.25. The average Bonchev–Trinajstić information content (AvgIpc) is 2.55. The van der Waals surface area contributed by atoms with Crippen molar-refractivity contribution in [3.8, 4) is 0 Å². The minimum Gasteiger partial charge on any atom is -0.465 e. The predicted octanol–water partition coefficient (Wildman–Crippen LogP) is 2.67. The number of rotatable bonds is 4. The lowest BCUT2D eigenvalue weighted by Gasteiger charge is -2.13. The molecule has 0 aromatic carbocycles. The predicted molar refractivity (Wildman–Crippen MR) is 51.0 cm³/mol. The van der Waals surface area contributed by atoms with Crippen LogP contribution in [0.25, 0.3) is 6.08 Å². The van der Waals surface area contributed by atoms with Crippen LogP contribution in [0, 0.1) is 0 Å². The minimum absolute atomic E-state index is 0.329.